The number of fused-ring (bicyclic) bond motifs is 7. The van der Waals surface area contributed by atoms with Crippen molar-refractivity contribution in [1.29, 1.82) is 0 Å². The Hall–Kier alpha value is -0.300. The molecule has 0 aromatic rings. The minimum atomic E-state index is 0.683. The molecule has 13 heavy (non-hydrogen) atoms. The first-order valence-electron chi connectivity index (χ1n) is 5.66. The zero-order valence-corrected chi connectivity index (χ0v) is 7.86. The number of hydrogen-bond acceptors (Lipinski definition) is 1. The van der Waals surface area contributed by atoms with Crippen molar-refractivity contribution < 1.29 is 4.74 Å². The molecule has 1 aliphatic heterocycles. The first kappa shape index (κ1) is 7.05. The monoisotopic (exact) mass is 176 g/mol. The second-order valence-corrected chi connectivity index (χ2v) is 5.41. The van der Waals surface area contributed by atoms with Crippen LogP contribution in [0.15, 0.2) is 12.7 Å². The molecule has 0 radical (unpaired) electrons. The van der Waals surface area contributed by atoms with Crippen LogP contribution >= 0.6 is 0 Å². The van der Waals surface area contributed by atoms with Gasteiger partial charge < -0.3 is 4.74 Å². The summed E-state index contributed by atoms with van der Waals surface area (Å²) in [7, 11) is 0. The normalized spacial score (nSPS) is 66.3. The number of epoxide rings is 1. The van der Waals surface area contributed by atoms with Gasteiger partial charge >= 0.3 is 0 Å². The van der Waals surface area contributed by atoms with E-state index in [0.29, 0.717) is 12.2 Å². The maximum atomic E-state index is 5.68. The summed E-state index contributed by atoms with van der Waals surface area (Å²) in [6.45, 7) is 3.97. The second-order valence-electron chi connectivity index (χ2n) is 5.41. The van der Waals surface area contributed by atoms with Crippen molar-refractivity contribution in [1.82, 2.24) is 0 Å². The Balaban J connectivity index is 1.70. The third kappa shape index (κ3) is 0.698. The highest BCUT2D eigenvalue weighted by molar-refractivity contribution is 5.15. The number of rotatable bonds is 1. The molecule has 2 bridgehead atoms. The van der Waals surface area contributed by atoms with E-state index in [0.717, 1.165) is 29.6 Å². The molecule has 1 heteroatoms. The quantitative estimate of drug-likeness (QED) is 0.441. The van der Waals surface area contributed by atoms with E-state index in [2.05, 4.69) is 12.7 Å². The lowest BCUT2D eigenvalue weighted by molar-refractivity contribution is 0.127. The van der Waals surface area contributed by atoms with Gasteiger partial charge in [-0.2, -0.15) is 0 Å². The van der Waals surface area contributed by atoms with E-state index in [1.165, 1.54) is 19.3 Å². The Morgan fingerprint density at radius 1 is 1.15 bits per heavy atom. The molecular weight excluding hydrogens is 160 g/mol. The van der Waals surface area contributed by atoms with Gasteiger partial charge in [-0.05, 0) is 48.9 Å². The molecule has 0 aromatic heterocycles. The average Bonchev–Trinajstić information content (AvgIpc) is 2.60. The van der Waals surface area contributed by atoms with Crippen molar-refractivity contribution in [3.8, 4) is 0 Å². The highest BCUT2D eigenvalue weighted by atomic mass is 16.6. The highest BCUT2D eigenvalue weighted by Gasteiger charge is 2.65. The molecule has 1 heterocycles. The van der Waals surface area contributed by atoms with Gasteiger partial charge in [-0.25, -0.2) is 0 Å². The predicted octanol–water partition coefficient (Wildman–Crippen LogP) is 2.23. The van der Waals surface area contributed by atoms with E-state index in [-0.39, 0.29) is 0 Å². The van der Waals surface area contributed by atoms with Crippen molar-refractivity contribution in [2.24, 2.45) is 29.6 Å². The Morgan fingerprint density at radius 3 is 2.92 bits per heavy atom. The maximum absolute atomic E-state index is 5.68. The van der Waals surface area contributed by atoms with Crippen molar-refractivity contribution in [3.63, 3.8) is 0 Å². The third-order valence-electron chi connectivity index (χ3n) is 5.10. The number of allylic oxidation sites excluding steroid dienone is 1. The van der Waals surface area contributed by atoms with Crippen LogP contribution in [-0.2, 0) is 4.74 Å². The topological polar surface area (TPSA) is 12.5 Å². The summed E-state index contributed by atoms with van der Waals surface area (Å²) in [4.78, 5) is 0. The third-order valence-corrected chi connectivity index (χ3v) is 5.10. The Bertz CT molecular complexity index is 272. The summed E-state index contributed by atoms with van der Waals surface area (Å²) in [5.41, 5.74) is 0. The molecule has 4 fully saturated rings. The summed E-state index contributed by atoms with van der Waals surface area (Å²) < 4.78 is 5.68. The first-order valence-corrected chi connectivity index (χ1v) is 5.66. The molecule has 0 aromatic carbocycles. The molecule has 1 saturated heterocycles. The van der Waals surface area contributed by atoms with E-state index >= 15 is 0 Å². The molecule has 4 aliphatic rings. The van der Waals surface area contributed by atoms with Gasteiger partial charge in [0.2, 0.25) is 0 Å². The molecule has 7 unspecified atom stereocenters. The Morgan fingerprint density at radius 2 is 2.08 bits per heavy atom. The smallest absolute Gasteiger partial charge is 0.0875 e. The zero-order chi connectivity index (χ0) is 8.58. The van der Waals surface area contributed by atoms with Crippen LogP contribution in [0.1, 0.15) is 19.3 Å². The van der Waals surface area contributed by atoms with Gasteiger partial charge in [-0.15, -0.1) is 6.58 Å². The summed E-state index contributed by atoms with van der Waals surface area (Å²) in [5.74, 6) is 4.80. The predicted molar refractivity (Wildman–Crippen MR) is 50.2 cm³/mol. The Kier molecular flexibility index (Phi) is 1.10. The highest BCUT2D eigenvalue weighted by Crippen LogP contribution is 2.65. The van der Waals surface area contributed by atoms with E-state index in [9.17, 15) is 0 Å². The Labute approximate surface area is 79.2 Å². The van der Waals surface area contributed by atoms with Crippen LogP contribution in [0, 0.1) is 29.6 Å². The summed E-state index contributed by atoms with van der Waals surface area (Å²) in [5, 5.41) is 0. The lowest BCUT2D eigenvalue weighted by Crippen LogP contribution is -2.27. The maximum Gasteiger partial charge on any atom is 0.0875 e. The van der Waals surface area contributed by atoms with Crippen LogP contribution in [0.4, 0.5) is 0 Å². The van der Waals surface area contributed by atoms with Crippen LogP contribution in [0.5, 0.6) is 0 Å². The molecule has 7 atom stereocenters. The van der Waals surface area contributed by atoms with Crippen molar-refractivity contribution in [2.75, 3.05) is 0 Å². The van der Waals surface area contributed by atoms with Gasteiger partial charge in [0.05, 0.1) is 12.2 Å². The van der Waals surface area contributed by atoms with Gasteiger partial charge in [0.15, 0.2) is 0 Å². The van der Waals surface area contributed by atoms with Gasteiger partial charge in [0, 0.05) is 0 Å². The lowest BCUT2D eigenvalue weighted by Gasteiger charge is -2.30. The van der Waals surface area contributed by atoms with E-state index in [1.54, 1.807) is 0 Å². The fraction of sp³-hybridized carbons (Fsp3) is 0.833. The number of ether oxygens (including phenoxy) is 1. The molecule has 0 amide bonds. The SMILES string of the molecule is C=CC1CC2CC1C1C2CC2OC21. The second kappa shape index (κ2) is 2.03. The fourth-order valence-corrected chi connectivity index (χ4v) is 4.63. The molecule has 3 aliphatic carbocycles. The van der Waals surface area contributed by atoms with Crippen LogP contribution in [0.25, 0.3) is 0 Å². The van der Waals surface area contributed by atoms with Crippen LogP contribution in [-0.4, -0.2) is 12.2 Å². The van der Waals surface area contributed by atoms with Crippen LogP contribution in [0.2, 0.25) is 0 Å². The van der Waals surface area contributed by atoms with E-state index < -0.39 is 0 Å². The minimum absolute atomic E-state index is 0.683. The lowest BCUT2D eigenvalue weighted by atomic mass is 9.75. The van der Waals surface area contributed by atoms with Crippen molar-refractivity contribution >= 4 is 0 Å². The standard InChI is InChI=1S/C12H16O/c1-2-6-3-7-4-8(6)11-9(7)5-10-12(11)13-10/h2,6-12H,1,3-5H2. The van der Waals surface area contributed by atoms with Gasteiger partial charge in [0.25, 0.3) is 0 Å². The molecule has 0 spiro atoms. The van der Waals surface area contributed by atoms with Crippen molar-refractivity contribution in [3.05, 3.63) is 12.7 Å². The summed E-state index contributed by atoms with van der Waals surface area (Å²) >= 11 is 0. The summed E-state index contributed by atoms with van der Waals surface area (Å²) in [6.07, 6.45) is 7.89. The molecule has 0 N–H and O–H groups in total. The van der Waals surface area contributed by atoms with Gasteiger partial charge in [-0.1, -0.05) is 6.08 Å². The fourth-order valence-electron chi connectivity index (χ4n) is 4.63. The van der Waals surface area contributed by atoms with Crippen molar-refractivity contribution in [2.45, 2.75) is 31.5 Å². The average molecular weight is 176 g/mol. The largest absolute Gasteiger partial charge is 0.369 e. The van der Waals surface area contributed by atoms with Crippen LogP contribution < -0.4 is 0 Å². The van der Waals surface area contributed by atoms with Crippen LogP contribution in [0.3, 0.4) is 0 Å². The zero-order valence-electron chi connectivity index (χ0n) is 7.86. The van der Waals surface area contributed by atoms with E-state index in [4.69, 9.17) is 4.74 Å². The summed E-state index contributed by atoms with van der Waals surface area (Å²) in [6, 6.07) is 0. The number of hydrogen-bond donors (Lipinski definition) is 0. The van der Waals surface area contributed by atoms with E-state index in [1.807, 2.05) is 0 Å². The first-order chi connectivity index (χ1) is 6.38. The molecular formula is C12H16O. The minimum Gasteiger partial charge on any atom is -0.369 e. The molecule has 1 nitrogen and oxygen atoms in total. The molecule has 4 rings (SSSR count). The molecule has 70 valence electrons. The molecule has 3 saturated carbocycles. The van der Waals surface area contributed by atoms with Gasteiger partial charge in [0.1, 0.15) is 0 Å². The van der Waals surface area contributed by atoms with Gasteiger partial charge in [-0.3, -0.25) is 0 Å².